The van der Waals surface area contributed by atoms with Gasteiger partial charge in [-0.15, -0.1) is 0 Å². The number of carbonyl (C=O) groups excluding carboxylic acids is 1. The molecule has 0 aliphatic carbocycles. The summed E-state index contributed by atoms with van der Waals surface area (Å²) in [4.78, 5) is 10.7. The van der Waals surface area contributed by atoms with Crippen LogP contribution in [0.2, 0.25) is 0 Å². The Labute approximate surface area is 53.6 Å². The minimum atomic E-state index is -0.724. The number of ether oxygens (including phenoxy) is 1. The number of Topliss-reactive ketones (excluding diaryl/α,β-unsaturated/α-hetero) is 1. The minimum Gasteiger partial charge on any atom is -0.368 e. The van der Waals surface area contributed by atoms with E-state index in [1.165, 1.54) is 0 Å². The van der Waals surface area contributed by atoms with Gasteiger partial charge in [0.1, 0.15) is 6.10 Å². The summed E-state index contributed by atoms with van der Waals surface area (Å²) in [5.41, 5.74) is 0. The van der Waals surface area contributed by atoms with Crippen molar-refractivity contribution >= 4 is 5.78 Å². The summed E-state index contributed by atoms with van der Waals surface area (Å²) < 4.78 is 4.80. The summed E-state index contributed by atoms with van der Waals surface area (Å²) >= 11 is 0. The van der Waals surface area contributed by atoms with Crippen LogP contribution in [0.15, 0.2) is 0 Å². The maximum absolute atomic E-state index is 10.7. The number of aliphatic hydroxyl groups is 1. The van der Waals surface area contributed by atoms with Crippen molar-refractivity contribution in [2.45, 2.75) is 32.2 Å². The quantitative estimate of drug-likeness (QED) is 0.505. The third-order valence-corrected chi connectivity index (χ3v) is 1.45. The van der Waals surface area contributed by atoms with Crippen LogP contribution in [0.25, 0.3) is 0 Å². The maximum Gasteiger partial charge on any atom is 0.161 e. The van der Waals surface area contributed by atoms with Gasteiger partial charge in [-0.1, -0.05) is 0 Å². The molecule has 1 rings (SSSR count). The Kier molecular flexibility index (Phi) is 1.83. The number of hydrogen-bond donors (Lipinski definition) is 1. The highest BCUT2D eigenvalue weighted by Crippen LogP contribution is 2.12. The molecule has 1 fully saturated rings. The molecule has 0 aromatic rings. The maximum atomic E-state index is 10.7. The van der Waals surface area contributed by atoms with Crippen molar-refractivity contribution in [2.24, 2.45) is 0 Å². The van der Waals surface area contributed by atoms with E-state index in [4.69, 9.17) is 9.84 Å². The van der Waals surface area contributed by atoms with E-state index in [1.807, 2.05) is 0 Å². The highest BCUT2D eigenvalue weighted by molar-refractivity contribution is 5.83. The summed E-state index contributed by atoms with van der Waals surface area (Å²) in [5, 5.41) is 8.82. The van der Waals surface area contributed by atoms with Crippen LogP contribution in [0.5, 0.6) is 0 Å². The van der Waals surface area contributed by atoms with Gasteiger partial charge < -0.3 is 9.84 Å². The van der Waals surface area contributed by atoms with E-state index in [9.17, 15) is 4.79 Å². The lowest BCUT2D eigenvalue weighted by Crippen LogP contribution is -2.32. The first-order valence-corrected chi connectivity index (χ1v) is 3.06. The van der Waals surface area contributed by atoms with Crippen LogP contribution in [-0.2, 0) is 9.53 Å². The highest BCUT2D eigenvalue weighted by Gasteiger charge is 2.23. The summed E-state index contributed by atoms with van der Waals surface area (Å²) in [6.07, 6.45) is -0.239. The predicted octanol–water partition coefficient (Wildman–Crippen LogP) is 0.0728. The molecule has 0 spiro atoms. The van der Waals surface area contributed by atoms with Crippen molar-refractivity contribution in [3.8, 4) is 0 Å². The van der Waals surface area contributed by atoms with Crippen molar-refractivity contribution in [3.05, 3.63) is 0 Å². The Morgan fingerprint density at radius 2 is 2.44 bits per heavy atom. The third kappa shape index (κ3) is 1.50. The lowest BCUT2D eigenvalue weighted by molar-refractivity contribution is -0.172. The van der Waals surface area contributed by atoms with Gasteiger partial charge >= 0.3 is 0 Å². The molecule has 0 amide bonds. The molecule has 3 nitrogen and oxygen atoms in total. The van der Waals surface area contributed by atoms with Crippen LogP contribution < -0.4 is 0 Å². The molecule has 3 heteroatoms. The normalized spacial score (nSPS) is 36.9. The van der Waals surface area contributed by atoms with E-state index in [2.05, 4.69) is 0 Å². The Hall–Kier alpha value is -0.410. The van der Waals surface area contributed by atoms with Gasteiger partial charge in [0.15, 0.2) is 12.1 Å². The van der Waals surface area contributed by atoms with Crippen LogP contribution in [0.3, 0.4) is 0 Å². The van der Waals surface area contributed by atoms with E-state index in [0.717, 1.165) is 0 Å². The van der Waals surface area contributed by atoms with E-state index in [1.54, 1.807) is 6.92 Å². The van der Waals surface area contributed by atoms with Crippen LogP contribution >= 0.6 is 0 Å². The predicted molar refractivity (Wildman–Crippen MR) is 30.8 cm³/mol. The summed E-state index contributed by atoms with van der Waals surface area (Å²) in [7, 11) is 0. The van der Waals surface area contributed by atoms with Crippen molar-refractivity contribution in [1.82, 2.24) is 0 Å². The first kappa shape index (κ1) is 6.71. The van der Waals surface area contributed by atoms with Gasteiger partial charge in [-0.05, 0) is 6.92 Å². The standard InChI is InChI=1S/C6H10O3/c1-4-5(7)2-3-6(8)9-4/h4,6,8H,2-3H2,1H3/t4-,6-/m0/s1. The zero-order chi connectivity index (χ0) is 6.85. The monoisotopic (exact) mass is 130 g/mol. The molecule has 1 N–H and O–H groups in total. The van der Waals surface area contributed by atoms with E-state index >= 15 is 0 Å². The molecule has 2 atom stereocenters. The molecule has 1 saturated heterocycles. The van der Waals surface area contributed by atoms with Crippen LogP contribution in [0.1, 0.15) is 19.8 Å². The molecular weight excluding hydrogens is 120 g/mol. The Morgan fingerprint density at radius 1 is 1.78 bits per heavy atom. The molecule has 52 valence electrons. The van der Waals surface area contributed by atoms with E-state index in [-0.39, 0.29) is 5.78 Å². The number of carbonyl (C=O) groups is 1. The average Bonchev–Trinajstić information content (AvgIpc) is 1.80. The smallest absolute Gasteiger partial charge is 0.161 e. The second-order valence-electron chi connectivity index (χ2n) is 2.24. The zero-order valence-electron chi connectivity index (χ0n) is 5.33. The summed E-state index contributed by atoms with van der Waals surface area (Å²) in [5.74, 6) is 0.0836. The van der Waals surface area contributed by atoms with Crippen molar-refractivity contribution in [1.29, 1.82) is 0 Å². The Bertz CT molecular complexity index is 121. The van der Waals surface area contributed by atoms with Gasteiger partial charge in [0.25, 0.3) is 0 Å². The molecule has 1 aliphatic rings. The summed E-state index contributed by atoms with van der Waals surface area (Å²) in [6.45, 7) is 1.66. The largest absolute Gasteiger partial charge is 0.368 e. The fraction of sp³-hybridized carbons (Fsp3) is 0.833. The van der Waals surface area contributed by atoms with Gasteiger partial charge in [0.05, 0.1) is 0 Å². The highest BCUT2D eigenvalue weighted by atomic mass is 16.6. The number of hydrogen-bond acceptors (Lipinski definition) is 3. The Morgan fingerprint density at radius 3 is 2.89 bits per heavy atom. The van der Waals surface area contributed by atoms with Gasteiger partial charge in [-0.25, -0.2) is 0 Å². The van der Waals surface area contributed by atoms with Gasteiger partial charge in [0.2, 0.25) is 0 Å². The van der Waals surface area contributed by atoms with E-state index in [0.29, 0.717) is 12.8 Å². The van der Waals surface area contributed by atoms with Crippen LogP contribution in [0, 0.1) is 0 Å². The molecule has 0 unspecified atom stereocenters. The fourth-order valence-corrected chi connectivity index (χ4v) is 0.849. The molecule has 0 aromatic heterocycles. The SMILES string of the molecule is C[C@@H]1O[C@H](O)CCC1=O. The lowest BCUT2D eigenvalue weighted by Gasteiger charge is -2.22. The molecule has 9 heavy (non-hydrogen) atoms. The third-order valence-electron chi connectivity index (χ3n) is 1.45. The fourth-order valence-electron chi connectivity index (χ4n) is 0.849. The first-order chi connectivity index (χ1) is 4.20. The van der Waals surface area contributed by atoms with Crippen LogP contribution in [-0.4, -0.2) is 23.3 Å². The average molecular weight is 130 g/mol. The molecule has 0 saturated carbocycles. The van der Waals surface area contributed by atoms with E-state index < -0.39 is 12.4 Å². The number of aliphatic hydroxyl groups excluding tert-OH is 1. The molecule has 0 bridgehead atoms. The van der Waals surface area contributed by atoms with Crippen LogP contribution in [0.4, 0.5) is 0 Å². The lowest BCUT2D eigenvalue weighted by atomic mass is 10.1. The number of ketones is 1. The Balaban J connectivity index is 2.44. The second kappa shape index (κ2) is 2.45. The van der Waals surface area contributed by atoms with Crippen molar-refractivity contribution < 1.29 is 14.6 Å². The number of rotatable bonds is 0. The summed E-state index contributed by atoms with van der Waals surface area (Å²) in [6, 6.07) is 0. The van der Waals surface area contributed by atoms with Gasteiger partial charge in [-0.3, -0.25) is 4.79 Å². The topological polar surface area (TPSA) is 46.5 Å². The molecule has 0 radical (unpaired) electrons. The van der Waals surface area contributed by atoms with Gasteiger partial charge in [0, 0.05) is 12.8 Å². The van der Waals surface area contributed by atoms with Crippen molar-refractivity contribution in [2.75, 3.05) is 0 Å². The van der Waals surface area contributed by atoms with Gasteiger partial charge in [-0.2, -0.15) is 0 Å². The zero-order valence-corrected chi connectivity index (χ0v) is 5.33. The molecule has 1 heterocycles. The first-order valence-electron chi connectivity index (χ1n) is 3.06. The minimum absolute atomic E-state index is 0.0836. The van der Waals surface area contributed by atoms with Crippen molar-refractivity contribution in [3.63, 3.8) is 0 Å². The molecule has 1 aliphatic heterocycles. The molecular formula is C6H10O3. The second-order valence-corrected chi connectivity index (χ2v) is 2.24. The molecule has 0 aromatic carbocycles.